The van der Waals surface area contributed by atoms with Crippen LogP contribution in [0.25, 0.3) is 10.9 Å². The highest BCUT2D eigenvalue weighted by molar-refractivity contribution is 7.91. The van der Waals surface area contributed by atoms with E-state index in [1.54, 1.807) is 42.9 Å². The maximum atomic E-state index is 13.3. The van der Waals surface area contributed by atoms with Crippen molar-refractivity contribution in [2.24, 2.45) is 0 Å². The summed E-state index contributed by atoms with van der Waals surface area (Å²) in [6.45, 7) is 4.09. The number of aromatic amines is 1. The maximum absolute atomic E-state index is 13.3. The van der Waals surface area contributed by atoms with Crippen molar-refractivity contribution in [2.75, 3.05) is 5.32 Å². The van der Waals surface area contributed by atoms with Crippen LogP contribution in [0.3, 0.4) is 0 Å². The third kappa shape index (κ3) is 4.40. The van der Waals surface area contributed by atoms with Gasteiger partial charge in [0.2, 0.25) is 0 Å². The quantitative estimate of drug-likeness (QED) is 0.361. The van der Waals surface area contributed by atoms with E-state index in [9.17, 15) is 13.2 Å². The van der Waals surface area contributed by atoms with Crippen molar-refractivity contribution in [1.29, 1.82) is 0 Å². The van der Waals surface area contributed by atoms with E-state index >= 15 is 0 Å². The van der Waals surface area contributed by atoms with Gasteiger partial charge in [-0.05, 0) is 52.9 Å². The molecular weight excluding hydrogens is 424 g/mol. The molecule has 7 nitrogen and oxygen atoms in total. The van der Waals surface area contributed by atoms with Gasteiger partial charge in [0.15, 0.2) is 9.84 Å². The molecule has 4 rings (SSSR count). The number of rotatable bonds is 7. The van der Waals surface area contributed by atoms with Crippen molar-refractivity contribution in [3.8, 4) is 0 Å². The summed E-state index contributed by atoms with van der Waals surface area (Å²) in [5.41, 5.74) is 2.76. The van der Waals surface area contributed by atoms with Crippen LogP contribution in [-0.2, 0) is 16.4 Å². The molecule has 1 atom stereocenters. The molecule has 4 aromatic rings. The van der Waals surface area contributed by atoms with Crippen molar-refractivity contribution in [3.63, 3.8) is 0 Å². The normalized spacial score (nSPS) is 12.2. The van der Waals surface area contributed by atoms with Gasteiger partial charge in [-0.2, -0.15) is 0 Å². The van der Waals surface area contributed by atoms with E-state index < -0.39 is 21.1 Å². The molecule has 0 fully saturated rings. The molecule has 32 heavy (non-hydrogen) atoms. The number of carbonyl (C=O) groups excluding carboxylic acids is 1. The molecule has 162 valence electrons. The van der Waals surface area contributed by atoms with Gasteiger partial charge < -0.3 is 15.6 Å². The van der Waals surface area contributed by atoms with E-state index in [0.29, 0.717) is 17.8 Å². The fourth-order valence-electron chi connectivity index (χ4n) is 3.50. The van der Waals surface area contributed by atoms with Gasteiger partial charge in [0, 0.05) is 30.8 Å². The molecular formula is C24H22N4O3S. The molecule has 2 amide bonds. The summed E-state index contributed by atoms with van der Waals surface area (Å²) in [5.74, 6) is 0. The molecule has 0 aliphatic rings. The Labute approximate surface area is 186 Å². The van der Waals surface area contributed by atoms with Crippen LogP contribution in [0.5, 0.6) is 0 Å². The smallest absolute Gasteiger partial charge is 0.319 e. The first-order chi connectivity index (χ1) is 15.5. The zero-order chi connectivity index (χ0) is 22.6. The van der Waals surface area contributed by atoms with Crippen LogP contribution in [0, 0.1) is 0 Å². The first-order valence-corrected chi connectivity index (χ1v) is 11.5. The lowest BCUT2D eigenvalue weighted by Gasteiger charge is -2.16. The Morgan fingerprint density at radius 2 is 1.91 bits per heavy atom. The Morgan fingerprint density at radius 1 is 1.09 bits per heavy atom. The second kappa shape index (κ2) is 9.07. The predicted octanol–water partition coefficient (Wildman–Crippen LogP) is 4.59. The lowest BCUT2D eigenvalue weighted by atomic mass is 10.1. The number of hydrogen-bond donors (Lipinski definition) is 3. The Morgan fingerprint density at radius 3 is 2.62 bits per heavy atom. The number of hydrogen-bond acceptors (Lipinski definition) is 4. The third-order valence-electron chi connectivity index (χ3n) is 5.09. The van der Waals surface area contributed by atoms with Gasteiger partial charge in [-0.1, -0.05) is 30.3 Å². The number of sulfone groups is 1. The van der Waals surface area contributed by atoms with E-state index in [2.05, 4.69) is 27.2 Å². The lowest BCUT2D eigenvalue weighted by molar-refractivity contribution is 0.251. The number of urea groups is 1. The minimum Gasteiger partial charge on any atom is -0.361 e. The molecule has 3 N–H and O–H groups in total. The van der Waals surface area contributed by atoms with Crippen molar-refractivity contribution in [2.45, 2.75) is 16.7 Å². The second-order valence-electron chi connectivity index (χ2n) is 7.18. The first-order valence-electron chi connectivity index (χ1n) is 9.95. The van der Waals surface area contributed by atoms with Crippen molar-refractivity contribution in [1.82, 2.24) is 15.3 Å². The first kappa shape index (κ1) is 21.3. The number of benzene rings is 2. The van der Waals surface area contributed by atoms with Gasteiger partial charge >= 0.3 is 6.03 Å². The van der Waals surface area contributed by atoms with Gasteiger partial charge in [0.05, 0.1) is 10.4 Å². The molecule has 0 saturated heterocycles. The van der Waals surface area contributed by atoms with Crippen LogP contribution in [0.15, 0.2) is 96.8 Å². The zero-order valence-electron chi connectivity index (χ0n) is 17.2. The molecule has 0 radical (unpaired) electrons. The highest BCUT2D eigenvalue weighted by Crippen LogP contribution is 2.34. The zero-order valence-corrected chi connectivity index (χ0v) is 18.0. The van der Waals surface area contributed by atoms with Crippen molar-refractivity contribution < 1.29 is 13.2 Å². The van der Waals surface area contributed by atoms with Gasteiger partial charge in [0.25, 0.3) is 0 Å². The number of amides is 2. The number of H-pyrrole nitrogens is 1. The molecule has 0 saturated carbocycles. The fraction of sp³-hybridized carbons (Fsp3) is 0.0833. The van der Waals surface area contributed by atoms with E-state index in [1.807, 2.05) is 24.3 Å². The number of para-hydroxylation sites is 1. The van der Waals surface area contributed by atoms with Gasteiger partial charge in [-0.15, -0.1) is 6.58 Å². The van der Waals surface area contributed by atoms with Gasteiger partial charge in [0.1, 0.15) is 5.25 Å². The number of nitrogens with one attached hydrogen (secondary N) is 3. The molecule has 0 spiro atoms. The number of aromatic nitrogens is 2. The second-order valence-corrected chi connectivity index (χ2v) is 9.25. The van der Waals surface area contributed by atoms with Gasteiger partial charge in [-0.25, -0.2) is 13.2 Å². The SMILES string of the molecule is C=CC(c1cccc2cc[nH]c12)S(=O)(=O)c1ccc(NC(=O)NCc2cccnc2)cc1. The average molecular weight is 447 g/mol. The Bertz CT molecular complexity index is 1350. The molecule has 8 heteroatoms. The third-order valence-corrected chi connectivity index (χ3v) is 7.14. The van der Waals surface area contributed by atoms with E-state index in [-0.39, 0.29) is 4.90 Å². The standard InChI is InChI=1S/C24H22N4O3S/c1-2-22(21-7-3-6-18-12-14-26-23(18)21)32(30,31)20-10-8-19(9-11-20)28-24(29)27-16-17-5-4-13-25-15-17/h2-15,22,26H,1,16H2,(H2,27,28,29). The fourth-order valence-corrected chi connectivity index (χ4v) is 5.09. The molecule has 1 unspecified atom stereocenters. The van der Waals surface area contributed by atoms with E-state index in [0.717, 1.165) is 16.5 Å². The summed E-state index contributed by atoms with van der Waals surface area (Å²) < 4.78 is 26.7. The van der Waals surface area contributed by atoms with Crippen LogP contribution in [0.2, 0.25) is 0 Å². The minimum atomic E-state index is -3.74. The molecule has 2 heterocycles. The molecule has 2 aromatic carbocycles. The molecule has 0 aliphatic carbocycles. The number of nitrogens with zero attached hydrogens (tertiary/aromatic N) is 1. The topological polar surface area (TPSA) is 104 Å². The Balaban J connectivity index is 1.49. The largest absolute Gasteiger partial charge is 0.361 e. The maximum Gasteiger partial charge on any atom is 0.319 e. The summed E-state index contributed by atoms with van der Waals surface area (Å²) in [7, 11) is -3.74. The number of carbonyl (C=O) groups is 1. The van der Waals surface area contributed by atoms with Crippen LogP contribution in [0.4, 0.5) is 10.5 Å². The van der Waals surface area contributed by atoms with Crippen LogP contribution >= 0.6 is 0 Å². The average Bonchev–Trinajstić information content (AvgIpc) is 3.29. The highest BCUT2D eigenvalue weighted by atomic mass is 32.2. The highest BCUT2D eigenvalue weighted by Gasteiger charge is 2.28. The number of fused-ring (bicyclic) bond motifs is 1. The molecule has 0 aliphatic heterocycles. The summed E-state index contributed by atoms with van der Waals surface area (Å²) in [5, 5.41) is 5.45. The molecule has 2 aromatic heterocycles. The van der Waals surface area contributed by atoms with E-state index in [4.69, 9.17) is 0 Å². The summed E-state index contributed by atoms with van der Waals surface area (Å²) >= 11 is 0. The Kier molecular flexibility index (Phi) is 6.04. The van der Waals surface area contributed by atoms with Crippen LogP contribution in [0.1, 0.15) is 16.4 Å². The summed E-state index contributed by atoms with van der Waals surface area (Å²) in [6.07, 6.45) is 6.54. The number of pyridine rings is 1. The lowest BCUT2D eigenvalue weighted by Crippen LogP contribution is -2.28. The van der Waals surface area contributed by atoms with Gasteiger partial charge in [-0.3, -0.25) is 4.98 Å². The predicted molar refractivity (Wildman–Crippen MR) is 125 cm³/mol. The Hall–Kier alpha value is -3.91. The van der Waals surface area contributed by atoms with Crippen LogP contribution in [-0.4, -0.2) is 24.4 Å². The summed E-state index contributed by atoms with van der Waals surface area (Å²) in [6, 6.07) is 16.8. The monoisotopic (exact) mass is 446 g/mol. The molecule has 0 bridgehead atoms. The van der Waals surface area contributed by atoms with Crippen LogP contribution < -0.4 is 10.6 Å². The van der Waals surface area contributed by atoms with Crippen molar-refractivity contribution >= 4 is 32.5 Å². The minimum absolute atomic E-state index is 0.146. The van der Waals surface area contributed by atoms with Crippen molar-refractivity contribution in [3.05, 3.63) is 103 Å². The number of anilines is 1. The van der Waals surface area contributed by atoms with E-state index in [1.165, 1.54) is 18.2 Å². The summed E-state index contributed by atoms with van der Waals surface area (Å²) in [4.78, 5) is 19.4.